The standard InChI is InChI=1S/C31H31Cl2N5O5/c32-21-14-22(33)16-23(15-21)38-11-7-25-27(38)34-19-37(29(25)40)18-31(43)8-12-35(13-9-31)28(39)24-6-10-36(30(41)42)17-26(24)20-4-2-1-3-5-20/h1-5,7,11,14-16,19,24,26,43H,6,8-10,12-13,17-18H2,(H,41,42)/t24-,26+/m1/s1. The molecule has 6 rings (SSSR count). The van der Waals surface area contributed by atoms with Gasteiger partial charge in [0.05, 0.1) is 17.5 Å². The molecule has 12 heteroatoms. The molecule has 4 heterocycles. The average molecular weight is 625 g/mol. The van der Waals surface area contributed by atoms with Gasteiger partial charge in [-0.25, -0.2) is 9.78 Å². The Hall–Kier alpha value is -3.86. The molecular weight excluding hydrogens is 593 g/mol. The molecule has 10 nitrogen and oxygen atoms in total. The number of carbonyl (C=O) groups is 2. The van der Waals surface area contributed by atoms with Gasteiger partial charge in [0.2, 0.25) is 5.91 Å². The highest BCUT2D eigenvalue weighted by atomic mass is 35.5. The number of aromatic nitrogens is 3. The third-order valence-electron chi connectivity index (χ3n) is 8.69. The number of piperidine rings is 2. The van der Waals surface area contributed by atoms with Gasteiger partial charge in [-0.3, -0.25) is 14.2 Å². The quantitative estimate of drug-likeness (QED) is 0.334. The summed E-state index contributed by atoms with van der Waals surface area (Å²) < 4.78 is 3.16. The number of carboxylic acid groups (broad SMARTS) is 1. The van der Waals surface area contributed by atoms with E-state index in [1.54, 1.807) is 39.9 Å². The van der Waals surface area contributed by atoms with Gasteiger partial charge in [0, 0.05) is 59.9 Å². The maximum atomic E-state index is 13.7. The zero-order chi connectivity index (χ0) is 30.3. The van der Waals surface area contributed by atoms with E-state index in [1.165, 1.54) is 15.8 Å². The molecule has 43 heavy (non-hydrogen) atoms. The zero-order valence-corrected chi connectivity index (χ0v) is 24.8. The number of halogens is 2. The summed E-state index contributed by atoms with van der Waals surface area (Å²) in [5, 5.41) is 22.4. The number of amides is 2. The van der Waals surface area contributed by atoms with Crippen molar-refractivity contribution in [3.05, 3.63) is 93.1 Å². The fourth-order valence-electron chi connectivity index (χ4n) is 6.37. The van der Waals surface area contributed by atoms with Gasteiger partial charge in [0.1, 0.15) is 6.33 Å². The number of aliphatic hydroxyl groups is 1. The van der Waals surface area contributed by atoms with Gasteiger partial charge >= 0.3 is 6.09 Å². The lowest BCUT2D eigenvalue weighted by molar-refractivity contribution is -0.142. The first-order valence-electron chi connectivity index (χ1n) is 14.2. The molecule has 0 bridgehead atoms. The average Bonchev–Trinajstić information content (AvgIpc) is 3.43. The summed E-state index contributed by atoms with van der Waals surface area (Å²) in [5.41, 5.74) is 0.601. The van der Waals surface area contributed by atoms with Crippen LogP contribution in [0.4, 0.5) is 4.79 Å². The fraction of sp³-hybridized carbons (Fsp3) is 0.355. The van der Waals surface area contributed by atoms with Crippen LogP contribution < -0.4 is 5.56 Å². The van der Waals surface area contributed by atoms with Gasteiger partial charge in [-0.15, -0.1) is 0 Å². The lowest BCUT2D eigenvalue weighted by atomic mass is 9.79. The maximum Gasteiger partial charge on any atom is 0.407 e. The number of rotatable bonds is 5. The smallest absolute Gasteiger partial charge is 0.407 e. The Balaban J connectivity index is 1.16. The maximum absolute atomic E-state index is 13.7. The molecule has 0 saturated carbocycles. The van der Waals surface area contributed by atoms with Crippen LogP contribution in [-0.4, -0.2) is 77.9 Å². The topological polar surface area (TPSA) is 121 Å². The number of benzene rings is 2. The number of fused-ring (bicyclic) bond motifs is 1. The number of likely N-dealkylation sites (tertiary alicyclic amines) is 2. The second-order valence-electron chi connectivity index (χ2n) is 11.4. The number of carbonyl (C=O) groups excluding carboxylic acids is 1. The Morgan fingerprint density at radius 2 is 1.67 bits per heavy atom. The summed E-state index contributed by atoms with van der Waals surface area (Å²) >= 11 is 12.3. The summed E-state index contributed by atoms with van der Waals surface area (Å²) in [7, 11) is 0. The Kier molecular flexibility index (Phi) is 7.93. The third-order valence-corrected chi connectivity index (χ3v) is 9.13. The third kappa shape index (κ3) is 5.87. The molecule has 2 aromatic heterocycles. The first kappa shape index (κ1) is 29.2. The molecule has 2 aromatic carbocycles. The second kappa shape index (κ2) is 11.7. The predicted octanol–water partition coefficient (Wildman–Crippen LogP) is 4.63. The van der Waals surface area contributed by atoms with E-state index in [-0.39, 0.29) is 36.4 Å². The van der Waals surface area contributed by atoms with E-state index in [9.17, 15) is 24.6 Å². The van der Waals surface area contributed by atoms with Crippen LogP contribution in [-0.2, 0) is 11.3 Å². The van der Waals surface area contributed by atoms with Gasteiger partial charge < -0.3 is 24.6 Å². The Bertz CT molecular complexity index is 1710. The first-order valence-corrected chi connectivity index (χ1v) is 14.9. The summed E-state index contributed by atoms with van der Waals surface area (Å²) in [5.74, 6) is -0.619. The van der Waals surface area contributed by atoms with E-state index >= 15 is 0 Å². The van der Waals surface area contributed by atoms with Crippen LogP contribution in [0.5, 0.6) is 0 Å². The molecule has 2 fully saturated rings. The van der Waals surface area contributed by atoms with Gasteiger partial charge in [-0.1, -0.05) is 53.5 Å². The molecule has 2 saturated heterocycles. The zero-order valence-electron chi connectivity index (χ0n) is 23.3. The largest absolute Gasteiger partial charge is 0.465 e. The van der Waals surface area contributed by atoms with Crippen LogP contribution in [0.2, 0.25) is 10.0 Å². The molecule has 0 radical (unpaired) electrons. The minimum Gasteiger partial charge on any atom is -0.465 e. The second-order valence-corrected chi connectivity index (χ2v) is 12.3. The van der Waals surface area contributed by atoms with Crippen molar-refractivity contribution in [2.24, 2.45) is 5.92 Å². The lowest BCUT2D eigenvalue weighted by Gasteiger charge is -2.42. The van der Waals surface area contributed by atoms with Crippen LogP contribution in [0.1, 0.15) is 30.7 Å². The number of hydrogen-bond donors (Lipinski definition) is 2. The number of hydrogen-bond acceptors (Lipinski definition) is 5. The highest BCUT2D eigenvalue weighted by Crippen LogP contribution is 2.35. The molecule has 0 unspecified atom stereocenters. The lowest BCUT2D eigenvalue weighted by Crippen LogP contribution is -2.53. The fourth-order valence-corrected chi connectivity index (χ4v) is 6.88. The highest BCUT2D eigenvalue weighted by Gasteiger charge is 2.41. The van der Waals surface area contributed by atoms with E-state index in [2.05, 4.69) is 4.98 Å². The van der Waals surface area contributed by atoms with Gasteiger partial charge in [0.25, 0.3) is 5.56 Å². The van der Waals surface area contributed by atoms with Crippen LogP contribution in [0.3, 0.4) is 0 Å². The van der Waals surface area contributed by atoms with Crippen molar-refractivity contribution in [1.82, 2.24) is 23.9 Å². The molecule has 2 aliphatic rings. The Labute approximate surface area is 257 Å². The van der Waals surface area contributed by atoms with Crippen molar-refractivity contribution < 1.29 is 19.8 Å². The van der Waals surface area contributed by atoms with Gasteiger partial charge in [-0.2, -0.15) is 0 Å². The van der Waals surface area contributed by atoms with E-state index in [0.29, 0.717) is 65.7 Å². The Morgan fingerprint density at radius 3 is 2.35 bits per heavy atom. The minimum atomic E-state index is -1.19. The number of nitrogens with zero attached hydrogens (tertiary/aromatic N) is 5. The van der Waals surface area contributed by atoms with Crippen molar-refractivity contribution in [1.29, 1.82) is 0 Å². The highest BCUT2D eigenvalue weighted by molar-refractivity contribution is 6.34. The summed E-state index contributed by atoms with van der Waals surface area (Å²) in [6.07, 6.45) is 3.22. The molecule has 224 valence electrons. The van der Waals surface area contributed by atoms with Gasteiger partial charge in [0.15, 0.2) is 5.65 Å². The van der Waals surface area contributed by atoms with Crippen LogP contribution in [0.25, 0.3) is 16.7 Å². The SMILES string of the molecule is O=C(O)N1CC[C@@H](C(=O)N2CCC(O)(Cn3cnc4c(ccn4-c4cc(Cl)cc(Cl)c4)c3=O)CC2)[C@H](c2ccccc2)C1. The molecule has 2 aliphatic heterocycles. The van der Waals surface area contributed by atoms with Crippen molar-refractivity contribution in [2.45, 2.75) is 37.3 Å². The molecule has 0 aliphatic carbocycles. The molecule has 0 spiro atoms. The van der Waals surface area contributed by atoms with Crippen molar-refractivity contribution >= 4 is 46.2 Å². The normalized spacial score (nSPS) is 20.3. The predicted molar refractivity (Wildman–Crippen MR) is 163 cm³/mol. The molecular formula is C31H31Cl2N5O5. The van der Waals surface area contributed by atoms with Crippen LogP contribution >= 0.6 is 23.2 Å². The van der Waals surface area contributed by atoms with Crippen molar-refractivity contribution in [2.75, 3.05) is 26.2 Å². The molecule has 2 amide bonds. The molecule has 2 N–H and O–H groups in total. The van der Waals surface area contributed by atoms with E-state index < -0.39 is 11.7 Å². The first-order chi connectivity index (χ1) is 20.6. The van der Waals surface area contributed by atoms with Crippen molar-refractivity contribution in [3.63, 3.8) is 0 Å². The van der Waals surface area contributed by atoms with Crippen molar-refractivity contribution in [3.8, 4) is 5.69 Å². The summed E-state index contributed by atoms with van der Waals surface area (Å²) in [6.45, 7) is 1.29. The van der Waals surface area contributed by atoms with Crippen LogP contribution in [0, 0.1) is 5.92 Å². The minimum absolute atomic E-state index is 0.0244. The van der Waals surface area contributed by atoms with E-state index in [4.69, 9.17) is 23.2 Å². The monoisotopic (exact) mass is 623 g/mol. The van der Waals surface area contributed by atoms with Crippen LogP contribution in [0.15, 0.2) is 71.9 Å². The van der Waals surface area contributed by atoms with Gasteiger partial charge in [-0.05, 0) is 49.1 Å². The molecule has 2 atom stereocenters. The summed E-state index contributed by atoms with van der Waals surface area (Å²) in [4.78, 5) is 46.5. The summed E-state index contributed by atoms with van der Waals surface area (Å²) in [6, 6.07) is 16.3. The Morgan fingerprint density at radius 1 is 0.977 bits per heavy atom. The van der Waals surface area contributed by atoms with E-state index in [0.717, 1.165) is 5.56 Å². The molecule has 4 aromatic rings. The van der Waals surface area contributed by atoms with E-state index in [1.807, 2.05) is 30.3 Å².